The summed E-state index contributed by atoms with van der Waals surface area (Å²) in [5.74, 6) is -0.831. The van der Waals surface area contributed by atoms with Gasteiger partial charge in [0.05, 0.1) is 15.7 Å². The van der Waals surface area contributed by atoms with Crippen LogP contribution in [0.1, 0.15) is 10.4 Å². The Bertz CT molecular complexity index is 601. The summed E-state index contributed by atoms with van der Waals surface area (Å²) in [4.78, 5) is 12.0. The largest absolute Gasteiger partial charge is 0.321 e. The van der Waals surface area contributed by atoms with Crippen LogP contribution in [0, 0.1) is 5.82 Å². The monoisotopic (exact) mass is 371 g/mol. The maximum Gasteiger partial charge on any atom is 0.256 e. The molecule has 5 heteroatoms. The lowest BCUT2D eigenvalue weighted by Crippen LogP contribution is -2.13. The molecule has 1 amide bonds. The molecule has 0 fully saturated rings. The SMILES string of the molecule is O=C(Nc1ccccc1Br)c1cccc(F)c1Br. The molecule has 0 atom stereocenters. The van der Waals surface area contributed by atoms with Gasteiger partial charge in [0.15, 0.2) is 0 Å². The van der Waals surface area contributed by atoms with Crippen LogP contribution >= 0.6 is 31.9 Å². The van der Waals surface area contributed by atoms with Crippen molar-refractivity contribution in [1.82, 2.24) is 0 Å². The minimum absolute atomic E-state index is 0.162. The fourth-order valence-electron chi connectivity index (χ4n) is 1.43. The van der Waals surface area contributed by atoms with E-state index in [9.17, 15) is 9.18 Å². The molecule has 2 nitrogen and oxygen atoms in total. The van der Waals surface area contributed by atoms with E-state index in [1.54, 1.807) is 18.2 Å². The first kappa shape index (κ1) is 13.2. The van der Waals surface area contributed by atoms with Gasteiger partial charge in [0.25, 0.3) is 5.91 Å². The minimum atomic E-state index is -0.463. The quantitative estimate of drug-likeness (QED) is 0.819. The fraction of sp³-hybridized carbons (Fsp3) is 0. The molecule has 0 saturated heterocycles. The number of carbonyl (C=O) groups is 1. The lowest BCUT2D eigenvalue weighted by atomic mass is 10.2. The van der Waals surface area contributed by atoms with Crippen LogP contribution in [-0.4, -0.2) is 5.91 Å². The van der Waals surface area contributed by atoms with Gasteiger partial charge >= 0.3 is 0 Å². The summed E-state index contributed by atoms with van der Waals surface area (Å²) < 4.78 is 14.3. The number of halogens is 3. The smallest absolute Gasteiger partial charge is 0.256 e. The van der Waals surface area contributed by atoms with Crippen LogP contribution in [0.2, 0.25) is 0 Å². The van der Waals surface area contributed by atoms with Gasteiger partial charge in [-0.05, 0) is 56.1 Å². The first-order chi connectivity index (χ1) is 8.59. The summed E-state index contributed by atoms with van der Waals surface area (Å²) in [5, 5.41) is 2.71. The highest BCUT2D eigenvalue weighted by Gasteiger charge is 2.13. The molecule has 2 aromatic carbocycles. The van der Waals surface area contributed by atoms with E-state index >= 15 is 0 Å². The molecule has 0 aliphatic carbocycles. The van der Waals surface area contributed by atoms with Crippen molar-refractivity contribution >= 4 is 43.5 Å². The van der Waals surface area contributed by atoms with Crippen molar-refractivity contribution in [2.75, 3.05) is 5.32 Å². The minimum Gasteiger partial charge on any atom is -0.321 e. The Balaban J connectivity index is 2.28. The first-order valence-corrected chi connectivity index (χ1v) is 6.68. The van der Waals surface area contributed by atoms with Gasteiger partial charge in [-0.2, -0.15) is 0 Å². The van der Waals surface area contributed by atoms with E-state index in [2.05, 4.69) is 37.2 Å². The third-order valence-electron chi connectivity index (χ3n) is 2.32. The van der Waals surface area contributed by atoms with Crippen LogP contribution in [0.4, 0.5) is 10.1 Å². The van der Waals surface area contributed by atoms with E-state index in [-0.39, 0.29) is 15.9 Å². The molecule has 0 aromatic heterocycles. The molecule has 0 aliphatic rings. The second-order valence-electron chi connectivity index (χ2n) is 3.54. The molecular formula is C13H8Br2FNO. The predicted molar refractivity (Wildman–Crippen MR) is 76.2 cm³/mol. The summed E-state index contributed by atoms with van der Waals surface area (Å²) in [5.41, 5.74) is 0.893. The van der Waals surface area contributed by atoms with Crippen LogP contribution < -0.4 is 5.32 Å². The van der Waals surface area contributed by atoms with Crippen molar-refractivity contribution in [2.45, 2.75) is 0 Å². The summed E-state index contributed by atoms with van der Waals surface area (Å²) in [6.07, 6.45) is 0. The number of rotatable bonds is 2. The van der Waals surface area contributed by atoms with Crippen LogP contribution in [0.5, 0.6) is 0 Å². The average molecular weight is 373 g/mol. The molecule has 1 N–H and O–H groups in total. The molecule has 0 radical (unpaired) electrons. The Labute approximate surface area is 120 Å². The molecule has 18 heavy (non-hydrogen) atoms. The number of carbonyl (C=O) groups excluding carboxylic acids is 1. The van der Waals surface area contributed by atoms with Gasteiger partial charge < -0.3 is 5.32 Å². The summed E-state index contributed by atoms with van der Waals surface area (Å²) in [7, 11) is 0. The maximum atomic E-state index is 13.3. The Kier molecular flexibility index (Phi) is 4.14. The normalized spacial score (nSPS) is 10.2. The number of hydrogen-bond acceptors (Lipinski definition) is 1. The fourth-order valence-corrected chi connectivity index (χ4v) is 2.26. The number of amides is 1. The summed E-state index contributed by atoms with van der Waals surface area (Å²) >= 11 is 6.39. The number of benzene rings is 2. The highest BCUT2D eigenvalue weighted by molar-refractivity contribution is 9.11. The molecule has 0 spiro atoms. The second kappa shape index (κ2) is 5.63. The van der Waals surface area contributed by atoms with Crippen LogP contribution in [0.3, 0.4) is 0 Å². The Morgan fingerprint density at radius 1 is 1.06 bits per heavy atom. The number of nitrogens with one attached hydrogen (secondary N) is 1. The van der Waals surface area contributed by atoms with Crippen molar-refractivity contribution < 1.29 is 9.18 Å². The lowest BCUT2D eigenvalue weighted by molar-refractivity contribution is 0.102. The summed E-state index contributed by atoms with van der Waals surface area (Å²) in [6.45, 7) is 0. The Morgan fingerprint density at radius 2 is 1.78 bits per heavy atom. The van der Waals surface area contributed by atoms with E-state index in [4.69, 9.17) is 0 Å². The molecule has 0 aliphatic heterocycles. The van der Waals surface area contributed by atoms with Crippen molar-refractivity contribution in [3.63, 3.8) is 0 Å². The third-order valence-corrected chi connectivity index (χ3v) is 3.82. The van der Waals surface area contributed by atoms with E-state index in [1.807, 2.05) is 12.1 Å². The van der Waals surface area contributed by atoms with Crippen molar-refractivity contribution in [3.05, 3.63) is 62.8 Å². The highest BCUT2D eigenvalue weighted by Crippen LogP contribution is 2.24. The van der Waals surface area contributed by atoms with Crippen LogP contribution in [0.15, 0.2) is 51.4 Å². The third kappa shape index (κ3) is 2.79. The molecule has 0 unspecified atom stereocenters. The van der Waals surface area contributed by atoms with Crippen molar-refractivity contribution in [1.29, 1.82) is 0 Å². The van der Waals surface area contributed by atoms with Gasteiger partial charge in [0.2, 0.25) is 0 Å². The number of anilines is 1. The van der Waals surface area contributed by atoms with Crippen molar-refractivity contribution in [2.24, 2.45) is 0 Å². The molecule has 2 rings (SSSR count). The molecule has 0 saturated carbocycles. The first-order valence-electron chi connectivity index (χ1n) is 5.09. The van der Waals surface area contributed by atoms with Gasteiger partial charge in [-0.15, -0.1) is 0 Å². The number of para-hydroxylation sites is 1. The van der Waals surface area contributed by atoms with Crippen molar-refractivity contribution in [3.8, 4) is 0 Å². The Hall–Kier alpha value is -1.20. The number of hydrogen-bond donors (Lipinski definition) is 1. The van der Waals surface area contributed by atoms with Gasteiger partial charge in [-0.1, -0.05) is 18.2 Å². The van der Waals surface area contributed by atoms with Gasteiger partial charge in [0.1, 0.15) is 5.82 Å². The predicted octanol–water partition coefficient (Wildman–Crippen LogP) is 4.60. The van der Waals surface area contributed by atoms with E-state index in [0.717, 1.165) is 4.47 Å². The van der Waals surface area contributed by atoms with Gasteiger partial charge in [-0.3, -0.25) is 4.79 Å². The molecule has 0 heterocycles. The zero-order valence-electron chi connectivity index (χ0n) is 9.08. The van der Waals surface area contributed by atoms with Crippen LogP contribution in [0.25, 0.3) is 0 Å². The maximum absolute atomic E-state index is 13.3. The lowest BCUT2D eigenvalue weighted by Gasteiger charge is -2.08. The Morgan fingerprint density at radius 3 is 2.50 bits per heavy atom. The molecule has 92 valence electrons. The second-order valence-corrected chi connectivity index (χ2v) is 5.18. The standard InChI is InChI=1S/C13H8Br2FNO/c14-9-5-1-2-7-11(9)17-13(18)8-4-3-6-10(16)12(8)15/h1-7H,(H,17,18). The summed E-state index contributed by atoms with van der Waals surface area (Å²) in [6, 6.07) is 11.6. The average Bonchev–Trinajstić information content (AvgIpc) is 2.35. The van der Waals surface area contributed by atoms with Gasteiger partial charge in [-0.25, -0.2) is 4.39 Å². The topological polar surface area (TPSA) is 29.1 Å². The zero-order valence-corrected chi connectivity index (χ0v) is 12.3. The molecule has 2 aromatic rings. The molecular weight excluding hydrogens is 365 g/mol. The van der Waals surface area contributed by atoms with Crippen LogP contribution in [-0.2, 0) is 0 Å². The van der Waals surface area contributed by atoms with E-state index in [0.29, 0.717) is 5.69 Å². The van der Waals surface area contributed by atoms with E-state index < -0.39 is 5.82 Å². The molecule has 0 bridgehead atoms. The highest BCUT2D eigenvalue weighted by atomic mass is 79.9. The van der Waals surface area contributed by atoms with E-state index in [1.165, 1.54) is 12.1 Å². The van der Waals surface area contributed by atoms with Gasteiger partial charge in [0, 0.05) is 4.47 Å². The zero-order chi connectivity index (χ0) is 13.1.